The summed E-state index contributed by atoms with van der Waals surface area (Å²) in [6.07, 6.45) is 0. The zero-order valence-electron chi connectivity index (χ0n) is 18.6. The molecule has 1 amide bonds. The lowest BCUT2D eigenvalue weighted by Crippen LogP contribution is -2.33. The van der Waals surface area contributed by atoms with Crippen molar-refractivity contribution in [1.29, 1.82) is 0 Å². The number of amides is 1. The molecule has 166 valence electrons. The van der Waals surface area contributed by atoms with Crippen LogP contribution in [0.3, 0.4) is 0 Å². The molecule has 0 bridgehead atoms. The van der Waals surface area contributed by atoms with E-state index < -0.39 is 0 Å². The molecule has 0 unspecified atom stereocenters. The summed E-state index contributed by atoms with van der Waals surface area (Å²) in [6, 6.07) is 25.2. The van der Waals surface area contributed by atoms with E-state index in [0.29, 0.717) is 30.3 Å². The maximum atomic E-state index is 13.8. The Balaban J connectivity index is 1.74. The van der Waals surface area contributed by atoms with Crippen molar-refractivity contribution in [2.75, 3.05) is 32.2 Å². The molecule has 2 aliphatic rings. The minimum Gasteiger partial charge on any atom is -0.493 e. The summed E-state index contributed by atoms with van der Waals surface area (Å²) >= 11 is 0. The summed E-state index contributed by atoms with van der Waals surface area (Å²) in [5.74, 6) is 1.19. The molecular formula is C27H25N3O3. The zero-order valence-corrected chi connectivity index (χ0v) is 18.6. The molecule has 33 heavy (non-hydrogen) atoms. The fourth-order valence-electron chi connectivity index (χ4n) is 4.51. The molecule has 0 spiro atoms. The third-order valence-electron chi connectivity index (χ3n) is 5.98. The van der Waals surface area contributed by atoms with Gasteiger partial charge in [-0.15, -0.1) is 0 Å². The smallest absolute Gasteiger partial charge is 0.275 e. The highest BCUT2D eigenvalue weighted by molar-refractivity contribution is 6.23. The fraction of sp³-hybridized carbons (Fsp3) is 0.185. The van der Waals surface area contributed by atoms with Gasteiger partial charge in [-0.05, 0) is 29.8 Å². The van der Waals surface area contributed by atoms with Crippen molar-refractivity contribution in [2.45, 2.75) is 6.04 Å². The largest absolute Gasteiger partial charge is 0.493 e. The van der Waals surface area contributed by atoms with Crippen molar-refractivity contribution in [1.82, 2.24) is 5.32 Å². The number of aliphatic imine (C=N–C) groups is 1. The van der Waals surface area contributed by atoms with E-state index in [1.165, 1.54) is 0 Å². The second kappa shape index (κ2) is 8.82. The van der Waals surface area contributed by atoms with E-state index >= 15 is 0 Å². The first-order chi connectivity index (χ1) is 16.2. The lowest BCUT2D eigenvalue weighted by molar-refractivity contribution is -0.115. The number of nitrogens with zero attached hydrogens (tertiary/aromatic N) is 2. The number of hydrogen-bond donors (Lipinski definition) is 1. The van der Waals surface area contributed by atoms with Crippen LogP contribution in [0.25, 0.3) is 0 Å². The summed E-state index contributed by atoms with van der Waals surface area (Å²) in [6.45, 7) is 1.19. The highest BCUT2D eigenvalue weighted by Gasteiger charge is 2.44. The number of benzene rings is 3. The van der Waals surface area contributed by atoms with Gasteiger partial charge in [0.2, 0.25) is 0 Å². The van der Waals surface area contributed by atoms with E-state index in [2.05, 4.69) is 5.32 Å². The number of methoxy groups -OCH3 is 2. The highest BCUT2D eigenvalue weighted by atomic mass is 16.5. The molecule has 0 fully saturated rings. The molecule has 0 saturated carbocycles. The van der Waals surface area contributed by atoms with E-state index in [1.807, 2.05) is 83.8 Å². The average molecular weight is 440 g/mol. The normalized spacial score (nSPS) is 17.8. The van der Waals surface area contributed by atoms with Crippen molar-refractivity contribution in [3.63, 3.8) is 0 Å². The summed E-state index contributed by atoms with van der Waals surface area (Å²) in [7, 11) is 3.23. The van der Waals surface area contributed by atoms with Crippen molar-refractivity contribution in [3.8, 4) is 11.5 Å². The Hall–Kier alpha value is -4.06. The summed E-state index contributed by atoms with van der Waals surface area (Å²) in [5.41, 5.74) is 5.04. The van der Waals surface area contributed by atoms with Crippen LogP contribution in [0.4, 0.5) is 5.69 Å². The predicted octanol–water partition coefficient (Wildman–Crippen LogP) is 4.14. The predicted molar refractivity (Wildman–Crippen MR) is 129 cm³/mol. The van der Waals surface area contributed by atoms with Gasteiger partial charge in [0.05, 0.1) is 32.5 Å². The van der Waals surface area contributed by atoms with Gasteiger partial charge in [-0.1, -0.05) is 54.6 Å². The Labute approximate surface area is 193 Å². The van der Waals surface area contributed by atoms with Gasteiger partial charge < -0.3 is 14.8 Å². The first-order valence-electron chi connectivity index (χ1n) is 10.9. The molecule has 6 heteroatoms. The van der Waals surface area contributed by atoms with E-state index in [0.717, 1.165) is 28.1 Å². The van der Waals surface area contributed by atoms with Gasteiger partial charge in [0, 0.05) is 23.4 Å². The van der Waals surface area contributed by atoms with Crippen LogP contribution in [-0.2, 0) is 4.79 Å². The zero-order chi connectivity index (χ0) is 22.8. The van der Waals surface area contributed by atoms with Crippen molar-refractivity contribution >= 4 is 17.3 Å². The number of rotatable bonds is 5. The third kappa shape index (κ3) is 3.63. The lowest BCUT2D eigenvalue weighted by atomic mass is 9.91. The second-order valence-electron chi connectivity index (χ2n) is 7.84. The monoisotopic (exact) mass is 439 g/mol. The van der Waals surface area contributed by atoms with Gasteiger partial charge in [-0.25, -0.2) is 0 Å². The maximum Gasteiger partial charge on any atom is 0.275 e. The summed E-state index contributed by atoms with van der Waals surface area (Å²) in [4.78, 5) is 20.6. The van der Waals surface area contributed by atoms with Gasteiger partial charge in [0.15, 0.2) is 11.5 Å². The van der Waals surface area contributed by atoms with Gasteiger partial charge in [0.1, 0.15) is 5.70 Å². The van der Waals surface area contributed by atoms with E-state index in [4.69, 9.17) is 14.5 Å². The Bertz CT molecular complexity index is 1240. The Morgan fingerprint density at radius 3 is 2.30 bits per heavy atom. The number of anilines is 1. The fourth-order valence-corrected chi connectivity index (χ4v) is 4.51. The standard InChI is InChI=1S/C27H25N3O3/c1-32-21-14-13-19(17-22(21)33-2)26-23-24(18-9-5-3-6-10-18)28-15-16-29-25(23)27(31)30(26)20-11-7-4-8-12-20/h3-14,17,26,29H,15-16H2,1-2H3/t26-/m1/s1. The molecule has 1 N–H and O–H groups in total. The molecule has 5 rings (SSSR count). The van der Waals surface area contributed by atoms with Crippen LogP contribution in [-0.4, -0.2) is 38.9 Å². The number of hydrogen-bond acceptors (Lipinski definition) is 5. The van der Waals surface area contributed by atoms with E-state index in [-0.39, 0.29) is 11.9 Å². The first kappa shape index (κ1) is 20.8. The maximum absolute atomic E-state index is 13.8. The van der Waals surface area contributed by atoms with Gasteiger partial charge in [0.25, 0.3) is 5.91 Å². The minimum atomic E-state index is -0.376. The molecule has 2 aliphatic heterocycles. The number of para-hydroxylation sites is 1. The van der Waals surface area contributed by atoms with Crippen LogP contribution in [0, 0.1) is 0 Å². The molecule has 0 aromatic heterocycles. The van der Waals surface area contributed by atoms with Crippen LogP contribution in [0.1, 0.15) is 17.2 Å². The molecular weight excluding hydrogens is 414 g/mol. The van der Waals surface area contributed by atoms with Crippen molar-refractivity contribution in [2.24, 2.45) is 4.99 Å². The minimum absolute atomic E-state index is 0.0680. The summed E-state index contributed by atoms with van der Waals surface area (Å²) < 4.78 is 11.0. The lowest BCUT2D eigenvalue weighted by Gasteiger charge is -2.28. The van der Waals surface area contributed by atoms with Gasteiger partial charge in [-0.2, -0.15) is 0 Å². The topological polar surface area (TPSA) is 63.2 Å². The van der Waals surface area contributed by atoms with Crippen molar-refractivity contribution in [3.05, 3.63) is 101 Å². The van der Waals surface area contributed by atoms with Crippen LogP contribution < -0.4 is 19.7 Å². The SMILES string of the molecule is COc1ccc([C@@H]2C3=C(NCCN=C3c3ccccc3)C(=O)N2c2ccccc2)cc1OC. The molecule has 6 nitrogen and oxygen atoms in total. The Kier molecular flexibility index (Phi) is 5.57. The molecule has 3 aromatic rings. The average Bonchev–Trinajstić information content (AvgIpc) is 3.01. The quantitative estimate of drug-likeness (QED) is 0.649. The molecule has 0 aliphatic carbocycles. The second-order valence-corrected chi connectivity index (χ2v) is 7.84. The van der Waals surface area contributed by atoms with Gasteiger partial charge >= 0.3 is 0 Å². The Morgan fingerprint density at radius 1 is 0.909 bits per heavy atom. The third-order valence-corrected chi connectivity index (χ3v) is 5.98. The number of ether oxygens (including phenoxy) is 2. The van der Waals surface area contributed by atoms with Crippen LogP contribution in [0.5, 0.6) is 11.5 Å². The molecule has 1 atom stereocenters. The number of nitrogens with one attached hydrogen (secondary N) is 1. The summed E-state index contributed by atoms with van der Waals surface area (Å²) in [5, 5.41) is 3.36. The van der Waals surface area contributed by atoms with E-state index in [1.54, 1.807) is 14.2 Å². The van der Waals surface area contributed by atoms with E-state index in [9.17, 15) is 4.79 Å². The molecule has 3 aromatic carbocycles. The molecule has 0 radical (unpaired) electrons. The molecule has 0 saturated heterocycles. The van der Waals surface area contributed by atoms with Crippen LogP contribution in [0.15, 0.2) is 95.1 Å². The molecule has 2 heterocycles. The first-order valence-corrected chi connectivity index (χ1v) is 10.9. The van der Waals surface area contributed by atoms with Crippen molar-refractivity contribution < 1.29 is 14.3 Å². The number of carbonyl (C=O) groups is 1. The number of carbonyl (C=O) groups excluding carboxylic acids is 1. The van der Waals surface area contributed by atoms with Gasteiger partial charge in [-0.3, -0.25) is 14.7 Å². The Morgan fingerprint density at radius 2 is 1.61 bits per heavy atom. The highest BCUT2D eigenvalue weighted by Crippen LogP contribution is 2.44. The van der Waals surface area contributed by atoms with Crippen LogP contribution in [0.2, 0.25) is 0 Å². The van der Waals surface area contributed by atoms with Crippen LogP contribution >= 0.6 is 0 Å².